The molecule has 1 atom stereocenters. The number of halogens is 4. The lowest BCUT2D eigenvalue weighted by Crippen LogP contribution is -2.40. The first-order chi connectivity index (χ1) is 9.55. The Bertz CT molecular complexity index is 651. The Kier molecular flexibility index (Phi) is 6.04. The SMILES string of the molecule is Cl.Cl.O=C(NCc1nnc2ccccn12)C1CC(F)(F)CN1. The molecule has 10 heteroatoms. The van der Waals surface area contributed by atoms with Gasteiger partial charge in [0, 0.05) is 12.6 Å². The molecular formula is C12H15Cl2F2N5O. The first-order valence-electron chi connectivity index (χ1n) is 6.23. The summed E-state index contributed by atoms with van der Waals surface area (Å²) in [6.07, 6.45) is 1.30. The van der Waals surface area contributed by atoms with Gasteiger partial charge in [0.1, 0.15) is 0 Å². The predicted molar refractivity (Wildman–Crippen MR) is 80.7 cm³/mol. The highest BCUT2D eigenvalue weighted by molar-refractivity contribution is 5.85. The Labute approximate surface area is 137 Å². The molecular weight excluding hydrogens is 339 g/mol. The van der Waals surface area contributed by atoms with E-state index in [2.05, 4.69) is 20.8 Å². The topological polar surface area (TPSA) is 71.3 Å². The molecule has 0 spiro atoms. The highest BCUT2D eigenvalue weighted by Gasteiger charge is 2.42. The Morgan fingerprint density at radius 1 is 1.41 bits per heavy atom. The third-order valence-electron chi connectivity index (χ3n) is 3.23. The van der Waals surface area contributed by atoms with Crippen LogP contribution in [0, 0.1) is 0 Å². The number of amides is 1. The van der Waals surface area contributed by atoms with E-state index in [9.17, 15) is 13.6 Å². The van der Waals surface area contributed by atoms with Crippen LogP contribution in [0.3, 0.4) is 0 Å². The summed E-state index contributed by atoms with van der Waals surface area (Å²) in [6, 6.07) is 4.58. The van der Waals surface area contributed by atoms with E-state index in [1.165, 1.54) is 0 Å². The predicted octanol–water partition coefficient (Wildman–Crippen LogP) is 1.19. The van der Waals surface area contributed by atoms with Gasteiger partial charge in [-0.3, -0.25) is 14.5 Å². The van der Waals surface area contributed by atoms with Crippen molar-refractivity contribution in [1.29, 1.82) is 0 Å². The number of aromatic nitrogens is 3. The molecule has 1 aliphatic heterocycles. The second kappa shape index (κ2) is 7.17. The van der Waals surface area contributed by atoms with Crippen molar-refractivity contribution in [3.05, 3.63) is 30.2 Å². The summed E-state index contributed by atoms with van der Waals surface area (Å²) < 4.78 is 27.7. The number of rotatable bonds is 3. The van der Waals surface area contributed by atoms with Crippen LogP contribution in [-0.2, 0) is 11.3 Å². The molecule has 0 aliphatic carbocycles. The maximum absolute atomic E-state index is 13.0. The van der Waals surface area contributed by atoms with E-state index in [0.717, 1.165) is 0 Å². The second-order valence-electron chi connectivity index (χ2n) is 4.76. The monoisotopic (exact) mass is 353 g/mol. The molecule has 3 heterocycles. The van der Waals surface area contributed by atoms with E-state index in [1.807, 2.05) is 12.1 Å². The van der Waals surface area contributed by atoms with Gasteiger partial charge >= 0.3 is 0 Å². The fraction of sp³-hybridized carbons (Fsp3) is 0.417. The molecule has 6 nitrogen and oxygen atoms in total. The molecule has 3 rings (SSSR count). The van der Waals surface area contributed by atoms with Crippen molar-refractivity contribution in [1.82, 2.24) is 25.2 Å². The molecule has 1 aliphatic rings. The van der Waals surface area contributed by atoms with Crippen LogP contribution in [0.4, 0.5) is 8.78 Å². The summed E-state index contributed by atoms with van der Waals surface area (Å²) in [5, 5.41) is 13.0. The summed E-state index contributed by atoms with van der Waals surface area (Å²) in [6.45, 7) is -0.313. The van der Waals surface area contributed by atoms with E-state index in [-0.39, 0.29) is 31.4 Å². The number of nitrogens with one attached hydrogen (secondary N) is 2. The van der Waals surface area contributed by atoms with Crippen molar-refractivity contribution >= 4 is 36.4 Å². The minimum atomic E-state index is -2.82. The zero-order chi connectivity index (χ0) is 14.2. The molecule has 0 aromatic carbocycles. The summed E-state index contributed by atoms with van der Waals surface area (Å²) in [4.78, 5) is 11.8. The average Bonchev–Trinajstić information content (AvgIpc) is 2.99. The van der Waals surface area contributed by atoms with Crippen LogP contribution in [0.1, 0.15) is 12.2 Å². The van der Waals surface area contributed by atoms with Gasteiger partial charge in [0.2, 0.25) is 5.91 Å². The fourth-order valence-electron chi connectivity index (χ4n) is 2.20. The molecule has 2 aromatic rings. The zero-order valence-electron chi connectivity index (χ0n) is 11.3. The zero-order valence-corrected chi connectivity index (χ0v) is 13.0. The largest absolute Gasteiger partial charge is 0.347 e. The number of nitrogens with zero attached hydrogens (tertiary/aromatic N) is 3. The number of pyridine rings is 1. The quantitative estimate of drug-likeness (QED) is 0.869. The minimum Gasteiger partial charge on any atom is -0.347 e. The highest BCUT2D eigenvalue weighted by Crippen LogP contribution is 2.25. The molecule has 1 amide bonds. The summed E-state index contributed by atoms with van der Waals surface area (Å²) >= 11 is 0. The highest BCUT2D eigenvalue weighted by atomic mass is 35.5. The number of alkyl halides is 2. The molecule has 22 heavy (non-hydrogen) atoms. The van der Waals surface area contributed by atoms with Gasteiger partial charge in [0.25, 0.3) is 5.92 Å². The molecule has 0 bridgehead atoms. The van der Waals surface area contributed by atoms with Crippen LogP contribution in [0.15, 0.2) is 24.4 Å². The third kappa shape index (κ3) is 3.82. The maximum Gasteiger partial charge on any atom is 0.262 e. The minimum absolute atomic E-state index is 0. The van der Waals surface area contributed by atoms with E-state index in [1.54, 1.807) is 16.7 Å². The first kappa shape index (κ1) is 18.5. The van der Waals surface area contributed by atoms with Gasteiger partial charge in [-0.2, -0.15) is 0 Å². The van der Waals surface area contributed by atoms with Gasteiger partial charge in [-0.1, -0.05) is 6.07 Å². The Morgan fingerprint density at radius 2 is 2.18 bits per heavy atom. The molecule has 0 radical (unpaired) electrons. The lowest BCUT2D eigenvalue weighted by Gasteiger charge is -2.10. The average molecular weight is 354 g/mol. The van der Waals surface area contributed by atoms with Gasteiger partial charge in [-0.25, -0.2) is 8.78 Å². The van der Waals surface area contributed by atoms with E-state index in [0.29, 0.717) is 11.5 Å². The number of carbonyl (C=O) groups excluding carboxylic acids is 1. The molecule has 1 unspecified atom stereocenters. The normalized spacial score (nSPS) is 19.3. The van der Waals surface area contributed by atoms with Crippen LogP contribution in [0.2, 0.25) is 0 Å². The van der Waals surface area contributed by atoms with Crippen molar-refractivity contribution in [2.24, 2.45) is 0 Å². The summed E-state index contributed by atoms with van der Waals surface area (Å²) in [5.74, 6) is -2.71. The first-order valence-corrected chi connectivity index (χ1v) is 6.23. The molecule has 2 aromatic heterocycles. The molecule has 1 saturated heterocycles. The van der Waals surface area contributed by atoms with Gasteiger partial charge in [0.15, 0.2) is 11.5 Å². The van der Waals surface area contributed by atoms with Gasteiger partial charge < -0.3 is 5.32 Å². The van der Waals surface area contributed by atoms with Crippen LogP contribution in [0.5, 0.6) is 0 Å². The van der Waals surface area contributed by atoms with Gasteiger partial charge in [-0.05, 0) is 12.1 Å². The number of fused-ring (bicyclic) bond motifs is 1. The van der Waals surface area contributed by atoms with E-state index >= 15 is 0 Å². The van der Waals surface area contributed by atoms with Crippen molar-refractivity contribution in [3.8, 4) is 0 Å². The molecule has 0 saturated carbocycles. The standard InChI is InChI=1S/C12H13F2N5O.2ClH/c13-12(14)5-8(16-7-12)11(20)15-6-10-18-17-9-3-1-2-4-19(9)10;;/h1-4,8,16H,5-7H2,(H,15,20);2*1H. The van der Waals surface area contributed by atoms with Crippen molar-refractivity contribution < 1.29 is 13.6 Å². The third-order valence-corrected chi connectivity index (χ3v) is 3.23. The fourth-order valence-corrected chi connectivity index (χ4v) is 2.20. The molecule has 122 valence electrons. The Hall–Kier alpha value is -1.51. The summed E-state index contributed by atoms with van der Waals surface area (Å²) in [7, 11) is 0. The van der Waals surface area contributed by atoms with E-state index < -0.39 is 30.8 Å². The molecule has 1 fully saturated rings. The van der Waals surface area contributed by atoms with Crippen LogP contribution < -0.4 is 10.6 Å². The van der Waals surface area contributed by atoms with Crippen LogP contribution in [0.25, 0.3) is 5.65 Å². The van der Waals surface area contributed by atoms with Gasteiger partial charge in [0.05, 0.1) is 19.1 Å². The van der Waals surface area contributed by atoms with Gasteiger partial charge in [-0.15, -0.1) is 35.0 Å². The van der Waals surface area contributed by atoms with Crippen molar-refractivity contribution in [2.45, 2.75) is 24.9 Å². The summed E-state index contributed by atoms with van der Waals surface area (Å²) in [5.41, 5.74) is 0.669. The Morgan fingerprint density at radius 3 is 2.86 bits per heavy atom. The van der Waals surface area contributed by atoms with Crippen molar-refractivity contribution in [3.63, 3.8) is 0 Å². The molecule has 2 N–H and O–H groups in total. The maximum atomic E-state index is 13.0. The smallest absolute Gasteiger partial charge is 0.262 e. The lowest BCUT2D eigenvalue weighted by molar-refractivity contribution is -0.123. The number of carbonyl (C=O) groups is 1. The van der Waals surface area contributed by atoms with E-state index in [4.69, 9.17) is 0 Å². The van der Waals surface area contributed by atoms with Crippen LogP contribution >= 0.6 is 24.8 Å². The second-order valence-corrected chi connectivity index (χ2v) is 4.76. The van der Waals surface area contributed by atoms with Crippen molar-refractivity contribution in [2.75, 3.05) is 6.54 Å². The van der Waals surface area contributed by atoms with Crippen LogP contribution in [-0.4, -0.2) is 39.0 Å². The number of hydrogen-bond donors (Lipinski definition) is 2. The Balaban J connectivity index is 0.00000121. The lowest BCUT2D eigenvalue weighted by atomic mass is 10.2. The number of hydrogen-bond acceptors (Lipinski definition) is 4.